The second kappa shape index (κ2) is 3.78. The molecule has 0 fully saturated rings. The smallest absolute Gasteiger partial charge is 0.265 e. The van der Waals surface area contributed by atoms with Crippen molar-refractivity contribution in [2.75, 3.05) is 0 Å². The van der Waals surface area contributed by atoms with Crippen molar-refractivity contribution < 1.29 is 14.0 Å². The molecule has 18 heavy (non-hydrogen) atoms. The topological polar surface area (TPSA) is 62.0 Å². The molecule has 0 bridgehead atoms. The summed E-state index contributed by atoms with van der Waals surface area (Å²) in [5, 5.41) is 2.88. The van der Waals surface area contributed by atoms with Crippen LogP contribution in [0.2, 0.25) is 0 Å². The van der Waals surface area contributed by atoms with E-state index in [0.717, 1.165) is 0 Å². The number of carbonyl (C=O) groups excluding carboxylic acids is 2. The van der Waals surface area contributed by atoms with Gasteiger partial charge in [-0.15, -0.1) is 0 Å². The highest BCUT2D eigenvalue weighted by atomic mass is 79.9. The number of halogens is 2. The molecule has 4 nitrogen and oxygen atoms in total. The predicted molar refractivity (Wildman–Crippen MR) is 67.3 cm³/mol. The van der Waals surface area contributed by atoms with E-state index in [2.05, 4.69) is 26.2 Å². The maximum absolute atomic E-state index is 13.1. The summed E-state index contributed by atoms with van der Waals surface area (Å²) in [5.74, 6) is -1.29. The second-order valence-corrected chi connectivity index (χ2v) is 4.66. The van der Waals surface area contributed by atoms with E-state index in [4.69, 9.17) is 0 Å². The monoisotopic (exact) mass is 308 g/mol. The fourth-order valence-electron chi connectivity index (χ4n) is 1.98. The molecule has 1 aromatic heterocycles. The molecule has 0 radical (unpaired) electrons. The van der Waals surface area contributed by atoms with Crippen LogP contribution in [0.5, 0.6) is 0 Å². The Morgan fingerprint density at radius 1 is 1.17 bits per heavy atom. The summed E-state index contributed by atoms with van der Waals surface area (Å²) in [5.41, 5.74) is 1.41. The lowest BCUT2D eigenvalue weighted by atomic mass is 10.1. The van der Waals surface area contributed by atoms with Gasteiger partial charge in [0.1, 0.15) is 5.82 Å². The first kappa shape index (κ1) is 11.2. The van der Waals surface area contributed by atoms with Crippen molar-refractivity contribution >= 4 is 44.2 Å². The first-order chi connectivity index (χ1) is 8.58. The van der Waals surface area contributed by atoms with E-state index in [0.29, 0.717) is 16.5 Å². The highest BCUT2D eigenvalue weighted by Gasteiger charge is 2.30. The standard InChI is InChI=1S/C12H6BrFN2O2/c13-10-9(11(17)16-12(10)18)7-4-15-8-3-5(14)1-2-6(7)8/h1-4,15H,(H,16,17,18). The van der Waals surface area contributed by atoms with E-state index in [1.165, 1.54) is 12.1 Å². The van der Waals surface area contributed by atoms with Gasteiger partial charge in [0.25, 0.3) is 11.8 Å². The van der Waals surface area contributed by atoms with E-state index >= 15 is 0 Å². The molecule has 0 aliphatic carbocycles. The molecule has 0 saturated heterocycles. The van der Waals surface area contributed by atoms with Gasteiger partial charge < -0.3 is 4.98 Å². The largest absolute Gasteiger partial charge is 0.360 e. The fourth-order valence-corrected chi connectivity index (χ4v) is 2.47. The summed E-state index contributed by atoms with van der Waals surface area (Å²) in [7, 11) is 0. The van der Waals surface area contributed by atoms with E-state index in [-0.39, 0.29) is 15.9 Å². The summed E-state index contributed by atoms with van der Waals surface area (Å²) >= 11 is 3.09. The van der Waals surface area contributed by atoms with Gasteiger partial charge in [0.2, 0.25) is 0 Å². The molecule has 0 saturated carbocycles. The van der Waals surface area contributed by atoms with E-state index in [9.17, 15) is 14.0 Å². The number of imide groups is 1. The molecule has 1 aliphatic heterocycles. The Morgan fingerprint density at radius 2 is 1.94 bits per heavy atom. The lowest BCUT2D eigenvalue weighted by Crippen LogP contribution is -2.22. The van der Waals surface area contributed by atoms with Crippen LogP contribution in [0.3, 0.4) is 0 Å². The minimum atomic E-state index is -0.466. The van der Waals surface area contributed by atoms with Gasteiger partial charge in [-0.2, -0.15) is 0 Å². The Bertz CT molecular complexity index is 733. The number of carbonyl (C=O) groups is 2. The first-order valence-corrected chi connectivity index (χ1v) is 5.89. The van der Waals surface area contributed by atoms with Gasteiger partial charge >= 0.3 is 0 Å². The van der Waals surface area contributed by atoms with Crippen LogP contribution in [0.25, 0.3) is 16.5 Å². The van der Waals surface area contributed by atoms with E-state index < -0.39 is 11.8 Å². The third-order valence-corrected chi connectivity index (χ3v) is 3.54. The SMILES string of the molecule is O=C1NC(=O)C(c2c[nH]c3cc(F)ccc23)=C1Br. The number of H-pyrrole nitrogens is 1. The first-order valence-electron chi connectivity index (χ1n) is 5.10. The molecule has 6 heteroatoms. The molecule has 3 rings (SSSR count). The van der Waals surface area contributed by atoms with Crippen LogP contribution in [0.4, 0.5) is 4.39 Å². The van der Waals surface area contributed by atoms with Crippen molar-refractivity contribution in [1.29, 1.82) is 0 Å². The predicted octanol–water partition coefficient (Wildman–Crippen LogP) is 2.07. The molecule has 2 heterocycles. The van der Waals surface area contributed by atoms with Crippen molar-refractivity contribution in [3.05, 3.63) is 40.3 Å². The van der Waals surface area contributed by atoms with Crippen LogP contribution in [0.15, 0.2) is 28.9 Å². The van der Waals surface area contributed by atoms with Crippen molar-refractivity contribution in [3.63, 3.8) is 0 Å². The molecule has 0 spiro atoms. The van der Waals surface area contributed by atoms with Crippen LogP contribution in [-0.4, -0.2) is 16.8 Å². The summed E-state index contributed by atoms with van der Waals surface area (Å²) in [6.07, 6.45) is 1.58. The van der Waals surface area contributed by atoms with Crippen molar-refractivity contribution in [2.24, 2.45) is 0 Å². The normalized spacial score (nSPS) is 15.7. The third kappa shape index (κ3) is 1.49. The van der Waals surface area contributed by atoms with Crippen LogP contribution in [-0.2, 0) is 9.59 Å². The minimum absolute atomic E-state index is 0.192. The quantitative estimate of drug-likeness (QED) is 0.792. The molecule has 2 N–H and O–H groups in total. The number of rotatable bonds is 1. The average Bonchev–Trinajstić information content (AvgIpc) is 2.81. The lowest BCUT2D eigenvalue weighted by Gasteiger charge is -1.98. The molecule has 90 valence electrons. The number of hydrogen-bond acceptors (Lipinski definition) is 2. The van der Waals surface area contributed by atoms with E-state index in [1.54, 1.807) is 12.3 Å². The Morgan fingerprint density at radius 3 is 2.61 bits per heavy atom. The molecule has 1 aliphatic rings. The van der Waals surface area contributed by atoms with Gasteiger partial charge in [-0.25, -0.2) is 4.39 Å². The molecule has 2 aromatic rings. The number of nitrogens with one attached hydrogen (secondary N) is 2. The number of amides is 2. The zero-order valence-corrected chi connectivity index (χ0v) is 10.5. The van der Waals surface area contributed by atoms with Crippen LogP contribution in [0, 0.1) is 5.82 Å². The molecule has 0 atom stereocenters. The average molecular weight is 309 g/mol. The Balaban J connectivity index is 2.28. The third-order valence-electron chi connectivity index (χ3n) is 2.79. The molecule has 0 unspecified atom stereocenters. The highest BCUT2D eigenvalue weighted by Crippen LogP contribution is 2.32. The maximum Gasteiger partial charge on any atom is 0.265 e. The number of fused-ring (bicyclic) bond motifs is 1. The van der Waals surface area contributed by atoms with Gasteiger partial charge in [-0.3, -0.25) is 14.9 Å². The van der Waals surface area contributed by atoms with Crippen LogP contribution < -0.4 is 5.32 Å². The van der Waals surface area contributed by atoms with Crippen molar-refractivity contribution in [2.45, 2.75) is 0 Å². The maximum atomic E-state index is 13.1. The number of benzene rings is 1. The number of hydrogen-bond donors (Lipinski definition) is 2. The highest BCUT2D eigenvalue weighted by molar-refractivity contribution is 9.12. The summed E-state index contributed by atoms with van der Waals surface area (Å²) in [6.45, 7) is 0. The summed E-state index contributed by atoms with van der Waals surface area (Å²) in [4.78, 5) is 25.9. The van der Waals surface area contributed by atoms with Gasteiger partial charge in [-0.05, 0) is 34.1 Å². The van der Waals surface area contributed by atoms with Gasteiger partial charge in [-0.1, -0.05) is 0 Å². The Labute approximate surface area is 109 Å². The number of aromatic amines is 1. The molecular weight excluding hydrogens is 303 g/mol. The lowest BCUT2D eigenvalue weighted by molar-refractivity contribution is -0.123. The second-order valence-electron chi connectivity index (χ2n) is 3.86. The van der Waals surface area contributed by atoms with Gasteiger partial charge in [0.15, 0.2) is 0 Å². The minimum Gasteiger partial charge on any atom is -0.360 e. The zero-order chi connectivity index (χ0) is 12.9. The van der Waals surface area contributed by atoms with Crippen LogP contribution >= 0.6 is 15.9 Å². The number of aromatic nitrogens is 1. The Kier molecular flexibility index (Phi) is 2.34. The molecular formula is C12H6BrFN2O2. The van der Waals surface area contributed by atoms with Gasteiger partial charge in [0, 0.05) is 22.7 Å². The Hall–Kier alpha value is -1.95. The van der Waals surface area contributed by atoms with Gasteiger partial charge in [0.05, 0.1) is 10.1 Å². The van der Waals surface area contributed by atoms with Crippen molar-refractivity contribution in [1.82, 2.24) is 10.3 Å². The van der Waals surface area contributed by atoms with E-state index in [1.807, 2.05) is 0 Å². The van der Waals surface area contributed by atoms with Crippen molar-refractivity contribution in [3.8, 4) is 0 Å². The zero-order valence-electron chi connectivity index (χ0n) is 8.88. The van der Waals surface area contributed by atoms with Crippen LogP contribution in [0.1, 0.15) is 5.56 Å². The molecule has 1 aromatic carbocycles. The summed E-state index contributed by atoms with van der Waals surface area (Å²) < 4.78 is 13.3. The summed E-state index contributed by atoms with van der Waals surface area (Å²) in [6, 6.07) is 4.21. The molecule has 2 amide bonds. The fraction of sp³-hybridized carbons (Fsp3) is 0.